The van der Waals surface area contributed by atoms with Gasteiger partial charge in [0.15, 0.2) is 0 Å². The van der Waals surface area contributed by atoms with E-state index in [1.807, 2.05) is 6.07 Å². The van der Waals surface area contributed by atoms with E-state index in [-0.39, 0.29) is 5.82 Å². The van der Waals surface area contributed by atoms with Crippen molar-refractivity contribution in [3.63, 3.8) is 0 Å². The molecule has 2 atom stereocenters. The second kappa shape index (κ2) is 5.45. The molecule has 0 saturated carbocycles. The molecule has 0 amide bonds. The molecular weight excluding hydrogens is 269 g/mol. The average Bonchev–Trinajstić information content (AvgIpc) is 2.38. The molecule has 18 heavy (non-hydrogen) atoms. The van der Waals surface area contributed by atoms with Gasteiger partial charge in [0, 0.05) is 23.6 Å². The minimum absolute atomic E-state index is 0.312. The van der Waals surface area contributed by atoms with Crippen molar-refractivity contribution < 1.29 is 8.60 Å². The molecule has 2 rings (SSSR count). The summed E-state index contributed by atoms with van der Waals surface area (Å²) in [7, 11) is 0.635. The highest BCUT2D eigenvalue weighted by molar-refractivity contribution is 7.90. The molecule has 0 aliphatic carbocycles. The minimum Gasteiger partial charge on any atom is -0.381 e. The SMILES string of the molecule is CNC(=S)[C@]1(c2cccc(F)c2)CCCC[S@]1=O. The monoisotopic (exact) mass is 285 g/mol. The first-order valence-corrected chi connectivity index (χ1v) is 7.70. The smallest absolute Gasteiger partial charge is 0.123 e. The number of hydrogen-bond donors (Lipinski definition) is 1. The number of nitrogens with one attached hydrogen (secondary N) is 1. The zero-order valence-corrected chi connectivity index (χ0v) is 11.9. The Morgan fingerprint density at radius 3 is 2.89 bits per heavy atom. The Bertz CT molecular complexity index is 482. The first-order valence-electron chi connectivity index (χ1n) is 5.98. The second-order valence-electron chi connectivity index (χ2n) is 4.42. The average molecular weight is 285 g/mol. The first kappa shape index (κ1) is 13.6. The maximum absolute atomic E-state index is 13.4. The van der Waals surface area contributed by atoms with E-state index >= 15 is 0 Å². The molecule has 1 N–H and O–H groups in total. The van der Waals surface area contributed by atoms with E-state index in [4.69, 9.17) is 12.2 Å². The molecule has 0 unspecified atom stereocenters. The molecule has 1 heterocycles. The Labute approximate surface area is 114 Å². The van der Waals surface area contributed by atoms with E-state index in [0.717, 1.165) is 18.4 Å². The van der Waals surface area contributed by atoms with Crippen LogP contribution in [0.5, 0.6) is 0 Å². The van der Waals surface area contributed by atoms with Crippen LogP contribution in [0.25, 0.3) is 0 Å². The van der Waals surface area contributed by atoms with Gasteiger partial charge in [0.1, 0.15) is 10.6 Å². The molecule has 1 aliphatic heterocycles. The Hall–Kier alpha value is -0.810. The van der Waals surface area contributed by atoms with Crippen molar-refractivity contribution in [3.8, 4) is 0 Å². The fraction of sp³-hybridized carbons (Fsp3) is 0.462. The fourth-order valence-corrected chi connectivity index (χ4v) is 4.84. The van der Waals surface area contributed by atoms with Gasteiger partial charge in [0.2, 0.25) is 0 Å². The molecule has 98 valence electrons. The van der Waals surface area contributed by atoms with E-state index in [9.17, 15) is 8.60 Å². The molecule has 5 heteroatoms. The van der Waals surface area contributed by atoms with Crippen LogP contribution in [0.3, 0.4) is 0 Å². The largest absolute Gasteiger partial charge is 0.381 e. The molecule has 0 spiro atoms. The van der Waals surface area contributed by atoms with Crippen molar-refractivity contribution in [2.24, 2.45) is 0 Å². The Kier molecular flexibility index (Phi) is 4.12. The summed E-state index contributed by atoms with van der Waals surface area (Å²) in [5.74, 6) is 0.312. The van der Waals surface area contributed by atoms with E-state index in [1.165, 1.54) is 12.1 Å². The summed E-state index contributed by atoms with van der Waals surface area (Å²) < 4.78 is 25.2. The molecule has 2 nitrogen and oxygen atoms in total. The van der Waals surface area contributed by atoms with Crippen molar-refractivity contribution in [3.05, 3.63) is 35.6 Å². The van der Waals surface area contributed by atoms with Gasteiger partial charge in [-0.05, 0) is 30.5 Å². The van der Waals surface area contributed by atoms with Gasteiger partial charge in [-0.1, -0.05) is 30.8 Å². The molecule has 1 saturated heterocycles. The summed E-state index contributed by atoms with van der Waals surface area (Å²) >= 11 is 5.36. The van der Waals surface area contributed by atoms with Crippen LogP contribution in [-0.4, -0.2) is 22.0 Å². The Morgan fingerprint density at radius 2 is 2.28 bits per heavy atom. The van der Waals surface area contributed by atoms with Gasteiger partial charge in [-0.2, -0.15) is 0 Å². The molecule has 1 aromatic rings. The van der Waals surface area contributed by atoms with Crippen molar-refractivity contribution in [2.45, 2.75) is 24.0 Å². The Morgan fingerprint density at radius 1 is 1.50 bits per heavy atom. The van der Waals surface area contributed by atoms with E-state index in [1.54, 1.807) is 13.1 Å². The number of benzene rings is 1. The lowest BCUT2D eigenvalue weighted by Crippen LogP contribution is -2.48. The standard InChI is InChI=1S/C13H16FNOS2/c1-15-12(17)13(7-2-3-8-18(13)16)10-5-4-6-11(14)9-10/h4-6,9H,2-3,7-8H2,1H3,(H,15,17)/t13-,18-/m1/s1. The van der Waals surface area contributed by atoms with Crippen LogP contribution in [0.15, 0.2) is 24.3 Å². The number of likely N-dealkylation sites (N-methyl/N-ethyl adjacent to an activating group) is 1. The summed E-state index contributed by atoms with van der Waals surface area (Å²) in [6, 6.07) is 6.31. The first-order chi connectivity index (χ1) is 8.61. The summed E-state index contributed by atoms with van der Waals surface area (Å²) in [5, 5.41) is 2.94. The Balaban J connectivity index is 2.54. The minimum atomic E-state index is -1.10. The third-order valence-corrected chi connectivity index (χ3v) is 6.14. The number of rotatable bonds is 2. The lowest BCUT2D eigenvalue weighted by Gasteiger charge is -2.37. The van der Waals surface area contributed by atoms with Gasteiger partial charge in [-0.25, -0.2) is 4.39 Å². The summed E-state index contributed by atoms with van der Waals surface area (Å²) in [6.07, 6.45) is 2.61. The summed E-state index contributed by atoms with van der Waals surface area (Å²) in [6.45, 7) is 0. The number of thiocarbonyl (C=S) groups is 1. The lowest BCUT2D eigenvalue weighted by atomic mass is 9.91. The summed E-state index contributed by atoms with van der Waals surface area (Å²) in [4.78, 5) is 0.547. The van der Waals surface area contributed by atoms with Gasteiger partial charge < -0.3 is 5.32 Å². The highest BCUT2D eigenvalue weighted by atomic mass is 32.2. The number of hydrogen-bond acceptors (Lipinski definition) is 2. The molecule has 0 aromatic heterocycles. The molecule has 0 radical (unpaired) electrons. The van der Waals surface area contributed by atoms with E-state index < -0.39 is 15.5 Å². The van der Waals surface area contributed by atoms with Crippen LogP contribution in [0.2, 0.25) is 0 Å². The molecule has 1 aliphatic rings. The molecule has 1 aromatic carbocycles. The lowest BCUT2D eigenvalue weighted by molar-refractivity contribution is 0.568. The zero-order valence-electron chi connectivity index (χ0n) is 10.2. The normalized spacial score (nSPS) is 27.8. The predicted octanol–water partition coefficient (Wildman–Crippen LogP) is 2.50. The topological polar surface area (TPSA) is 29.1 Å². The van der Waals surface area contributed by atoms with Gasteiger partial charge in [0.25, 0.3) is 0 Å². The van der Waals surface area contributed by atoms with Crippen molar-refractivity contribution >= 4 is 28.0 Å². The van der Waals surface area contributed by atoms with Gasteiger partial charge in [0.05, 0.1) is 4.99 Å². The van der Waals surface area contributed by atoms with Crippen molar-refractivity contribution in [2.75, 3.05) is 12.8 Å². The van der Waals surface area contributed by atoms with Gasteiger partial charge in [-0.3, -0.25) is 4.21 Å². The molecule has 1 fully saturated rings. The molecular formula is C13H16FNOS2. The van der Waals surface area contributed by atoms with Crippen LogP contribution in [0.1, 0.15) is 24.8 Å². The van der Waals surface area contributed by atoms with Crippen LogP contribution < -0.4 is 5.32 Å². The van der Waals surface area contributed by atoms with Crippen LogP contribution >= 0.6 is 12.2 Å². The van der Waals surface area contributed by atoms with Crippen LogP contribution in [0.4, 0.5) is 4.39 Å². The fourth-order valence-electron chi connectivity index (χ4n) is 2.46. The zero-order chi connectivity index (χ0) is 13.2. The van der Waals surface area contributed by atoms with Crippen molar-refractivity contribution in [1.29, 1.82) is 0 Å². The third kappa shape index (κ3) is 2.21. The maximum atomic E-state index is 13.4. The predicted molar refractivity (Wildman–Crippen MR) is 76.6 cm³/mol. The van der Waals surface area contributed by atoms with Gasteiger partial charge in [-0.15, -0.1) is 0 Å². The van der Waals surface area contributed by atoms with Gasteiger partial charge >= 0.3 is 0 Å². The molecule has 0 bridgehead atoms. The summed E-state index contributed by atoms with van der Waals surface area (Å²) in [5.41, 5.74) is 0.722. The third-order valence-electron chi connectivity index (χ3n) is 3.38. The highest BCUT2D eigenvalue weighted by Crippen LogP contribution is 2.39. The van der Waals surface area contributed by atoms with E-state index in [2.05, 4.69) is 5.32 Å². The number of halogens is 1. The quantitative estimate of drug-likeness (QED) is 0.847. The van der Waals surface area contributed by atoms with Crippen LogP contribution in [-0.2, 0) is 15.5 Å². The second-order valence-corrected chi connectivity index (χ2v) is 6.63. The maximum Gasteiger partial charge on any atom is 0.123 e. The highest BCUT2D eigenvalue weighted by Gasteiger charge is 2.44. The van der Waals surface area contributed by atoms with Crippen LogP contribution in [0, 0.1) is 5.82 Å². The van der Waals surface area contributed by atoms with Crippen molar-refractivity contribution in [1.82, 2.24) is 5.32 Å². The van der Waals surface area contributed by atoms with E-state index in [0.29, 0.717) is 17.2 Å².